The standard InChI is InChI=1S/C13H15NO3/c15-12(8-2-1-3-8)11-5-4-10-9(13(16)17)6-7-14(10)11/h4-5,8-9H,1-3,6-7H2,(H,16,17). The predicted octanol–water partition coefficient (Wildman–Crippen LogP) is 2.04. The van der Waals surface area contributed by atoms with Gasteiger partial charge < -0.3 is 9.67 Å². The minimum Gasteiger partial charge on any atom is -0.481 e. The van der Waals surface area contributed by atoms with Crippen LogP contribution in [0.2, 0.25) is 0 Å². The van der Waals surface area contributed by atoms with Gasteiger partial charge in [0.1, 0.15) is 0 Å². The van der Waals surface area contributed by atoms with Gasteiger partial charge in [-0.1, -0.05) is 6.42 Å². The van der Waals surface area contributed by atoms with Crippen LogP contribution < -0.4 is 0 Å². The van der Waals surface area contributed by atoms with Crippen molar-refractivity contribution in [2.24, 2.45) is 5.92 Å². The zero-order valence-corrected chi connectivity index (χ0v) is 9.56. The van der Waals surface area contributed by atoms with Gasteiger partial charge >= 0.3 is 5.97 Å². The lowest BCUT2D eigenvalue weighted by Crippen LogP contribution is -2.24. The van der Waals surface area contributed by atoms with Gasteiger partial charge in [0.05, 0.1) is 11.6 Å². The highest BCUT2D eigenvalue weighted by molar-refractivity contribution is 5.97. The molecular weight excluding hydrogens is 218 g/mol. The van der Waals surface area contributed by atoms with E-state index in [0.717, 1.165) is 25.0 Å². The minimum atomic E-state index is -0.788. The number of rotatable bonds is 3. The van der Waals surface area contributed by atoms with Crippen LogP contribution in [0.4, 0.5) is 0 Å². The number of carboxylic acids is 1. The predicted molar refractivity (Wildman–Crippen MR) is 61.1 cm³/mol. The van der Waals surface area contributed by atoms with Gasteiger partial charge in [0, 0.05) is 18.2 Å². The fourth-order valence-electron chi connectivity index (χ4n) is 2.79. The van der Waals surface area contributed by atoms with Gasteiger partial charge in [-0.05, 0) is 31.4 Å². The lowest BCUT2D eigenvalue weighted by atomic mass is 9.81. The Balaban J connectivity index is 1.91. The first-order chi connectivity index (χ1) is 8.18. The average Bonchev–Trinajstić information content (AvgIpc) is 2.72. The molecule has 2 heterocycles. The van der Waals surface area contributed by atoms with Crippen molar-refractivity contribution in [3.8, 4) is 0 Å². The Labute approximate surface area is 99.2 Å². The number of ketones is 1. The highest BCUT2D eigenvalue weighted by atomic mass is 16.4. The van der Waals surface area contributed by atoms with Crippen LogP contribution in [0.3, 0.4) is 0 Å². The second-order valence-corrected chi connectivity index (χ2v) is 4.97. The van der Waals surface area contributed by atoms with Crippen LogP contribution in [0, 0.1) is 5.92 Å². The van der Waals surface area contributed by atoms with E-state index in [9.17, 15) is 9.59 Å². The van der Waals surface area contributed by atoms with Crippen LogP contribution in [0.1, 0.15) is 47.8 Å². The first-order valence-corrected chi connectivity index (χ1v) is 6.15. The van der Waals surface area contributed by atoms with Gasteiger partial charge in [-0.25, -0.2) is 0 Å². The summed E-state index contributed by atoms with van der Waals surface area (Å²) < 4.78 is 1.90. The quantitative estimate of drug-likeness (QED) is 0.813. The number of aliphatic carboxylic acids is 1. The molecule has 0 aromatic carbocycles. The van der Waals surface area contributed by atoms with E-state index in [1.807, 2.05) is 4.57 Å². The molecule has 2 aliphatic rings. The van der Waals surface area contributed by atoms with E-state index >= 15 is 0 Å². The third-order valence-corrected chi connectivity index (χ3v) is 4.04. The smallest absolute Gasteiger partial charge is 0.312 e. The Kier molecular flexibility index (Phi) is 2.31. The van der Waals surface area contributed by atoms with Crippen molar-refractivity contribution >= 4 is 11.8 Å². The third-order valence-electron chi connectivity index (χ3n) is 4.04. The molecule has 17 heavy (non-hydrogen) atoms. The molecule has 1 aliphatic carbocycles. The molecule has 1 aliphatic heterocycles. The van der Waals surface area contributed by atoms with Crippen LogP contribution in [-0.4, -0.2) is 21.4 Å². The van der Waals surface area contributed by atoms with Crippen molar-refractivity contribution in [2.75, 3.05) is 0 Å². The maximum atomic E-state index is 12.2. The van der Waals surface area contributed by atoms with Crippen LogP contribution in [-0.2, 0) is 11.3 Å². The summed E-state index contributed by atoms with van der Waals surface area (Å²) in [6.07, 6.45) is 3.72. The molecular formula is C13H15NO3. The van der Waals surface area contributed by atoms with Crippen molar-refractivity contribution in [2.45, 2.75) is 38.1 Å². The highest BCUT2D eigenvalue weighted by Gasteiger charge is 2.34. The molecule has 3 rings (SSSR count). The molecule has 1 unspecified atom stereocenters. The van der Waals surface area contributed by atoms with E-state index in [0.29, 0.717) is 18.7 Å². The van der Waals surface area contributed by atoms with Crippen molar-refractivity contribution in [3.05, 3.63) is 23.5 Å². The molecule has 1 N–H and O–H groups in total. The first-order valence-electron chi connectivity index (χ1n) is 6.15. The topological polar surface area (TPSA) is 59.3 Å². The SMILES string of the molecule is O=C(c1ccc2n1CCC2C(=O)O)C1CCC1. The number of carbonyl (C=O) groups excluding carboxylic acids is 1. The summed E-state index contributed by atoms with van der Waals surface area (Å²) in [6.45, 7) is 0.660. The number of Topliss-reactive ketones (excluding diaryl/α,β-unsaturated/α-hetero) is 1. The average molecular weight is 233 g/mol. The lowest BCUT2D eigenvalue weighted by molar-refractivity contribution is -0.138. The summed E-state index contributed by atoms with van der Waals surface area (Å²) in [4.78, 5) is 23.2. The summed E-state index contributed by atoms with van der Waals surface area (Å²) in [7, 11) is 0. The number of fused-ring (bicyclic) bond motifs is 1. The summed E-state index contributed by atoms with van der Waals surface area (Å²) in [5.41, 5.74) is 1.51. The maximum Gasteiger partial charge on any atom is 0.312 e. The van der Waals surface area contributed by atoms with Crippen molar-refractivity contribution in [1.29, 1.82) is 0 Å². The van der Waals surface area contributed by atoms with Gasteiger partial charge in [0.15, 0.2) is 5.78 Å². The number of nitrogens with zero attached hydrogens (tertiary/aromatic N) is 1. The summed E-state index contributed by atoms with van der Waals surface area (Å²) in [5, 5.41) is 9.08. The molecule has 0 spiro atoms. The molecule has 4 nitrogen and oxygen atoms in total. The largest absolute Gasteiger partial charge is 0.481 e. The molecule has 90 valence electrons. The number of aromatic nitrogens is 1. The lowest BCUT2D eigenvalue weighted by Gasteiger charge is -2.24. The van der Waals surface area contributed by atoms with E-state index in [1.54, 1.807) is 12.1 Å². The summed E-state index contributed by atoms with van der Waals surface area (Å²) in [6, 6.07) is 3.60. The monoisotopic (exact) mass is 233 g/mol. The van der Waals surface area contributed by atoms with Crippen LogP contribution in [0.15, 0.2) is 12.1 Å². The van der Waals surface area contributed by atoms with E-state index in [-0.39, 0.29) is 11.7 Å². The molecule has 1 fully saturated rings. The molecule has 0 radical (unpaired) electrons. The van der Waals surface area contributed by atoms with Crippen LogP contribution >= 0.6 is 0 Å². The maximum absolute atomic E-state index is 12.2. The Bertz CT molecular complexity index is 485. The number of carbonyl (C=O) groups is 2. The van der Waals surface area contributed by atoms with Gasteiger partial charge in [0.2, 0.25) is 0 Å². The number of hydrogen-bond donors (Lipinski definition) is 1. The Morgan fingerprint density at radius 3 is 2.59 bits per heavy atom. The molecule has 1 aromatic heterocycles. The molecule has 1 aromatic rings. The fourth-order valence-corrected chi connectivity index (χ4v) is 2.79. The first kappa shape index (κ1) is 10.6. The zero-order chi connectivity index (χ0) is 12.0. The zero-order valence-electron chi connectivity index (χ0n) is 9.56. The van der Waals surface area contributed by atoms with Gasteiger partial charge in [-0.2, -0.15) is 0 Å². The number of carboxylic acid groups (broad SMARTS) is 1. The molecule has 4 heteroatoms. The molecule has 0 amide bonds. The summed E-state index contributed by atoms with van der Waals surface area (Å²) in [5.74, 6) is -0.839. The number of hydrogen-bond acceptors (Lipinski definition) is 2. The van der Waals surface area contributed by atoms with Crippen LogP contribution in [0.25, 0.3) is 0 Å². The van der Waals surface area contributed by atoms with E-state index in [4.69, 9.17) is 5.11 Å². The van der Waals surface area contributed by atoms with Gasteiger partial charge in [0.25, 0.3) is 0 Å². The van der Waals surface area contributed by atoms with Crippen molar-refractivity contribution in [1.82, 2.24) is 4.57 Å². The highest BCUT2D eigenvalue weighted by Crippen LogP contribution is 2.34. The molecule has 1 saturated carbocycles. The minimum absolute atomic E-state index is 0.179. The fraction of sp³-hybridized carbons (Fsp3) is 0.538. The third kappa shape index (κ3) is 1.51. The van der Waals surface area contributed by atoms with Crippen LogP contribution in [0.5, 0.6) is 0 Å². The van der Waals surface area contributed by atoms with E-state index < -0.39 is 11.9 Å². The normalized spacial score (nSPS) is 23.2. The Morgan fingerprint density at radius 1 is 1.24 bits per heavy atom. The molecule has 0 saturated heterocycles. The summed E-state index contributed by atoms with van der Waals surface area (Å²) >= 11 is 0. The van der Waals surface area contributed by atoms with Gasteiger partial charge in [-0.15, -0.1) is 0 Å². The van der Waals surface area contributed by atoms with Crippen molar-refractivity contribution in [3.63, 3.8) is 0 Å². The Hall–Kier alpha value is -1.58. The van der Waals surface area contributed by atoms with E-state index in [1.165, 1.54) is 0 Å². The van der Waals surface area contributed by atoms with Crippen molar-refractivity contribution < 1.29 is 14.7 Å². The van der Waals surface area contributed by atoms with E-state index in [2.05, 4.69) is 0 Å². The van der Waals surface area contributed by atoms with Gasteiger partial charge in [-0.3, -0.25) is 9.59 Å². The Morgan fingerprint density at radius 2 is 2.00 bits per heavy atom. The second-order valence-electron chi connectivity index (χ2n) is 4.97. The second kappa shape index (κ2) is 3.72. The molecule has 0 bridgehead atoms. The molecule has 1 atom stereocenters.